The molecule has 0 unspecified atom stereocenters. The fourth-order valence-corrected chi connectivity index (χ4v) is 6.03. The van der Waals surface area contributed by atoms with Gasteiger partial charge in [0, 0.05) is 39.7 Å². The minimum absolute atomic E-state index is 0.496. The van der Waals surface area contributed by atoms with E-state index in [2.05, 4.69) is 32.3 Å². The van der Waals surface area contributed by atoms with Crippen LogP contribution in [0.1, 0.15) is 5.76 Å². The molecular weight excluding hydrogens is 577 g/mol. The predicted molar refractivity (Wildman–Crippen MR) is 173 cm³/mol. The van der Waals surface area contributed by atoms with Gasteiger partial charge >= 0.3 is 0 Å². The van der Waals surface area contributed by atoms with Crippen LogP contribution >= 0.6 is 24.4 Å². The van der Waals surface area contributed by atoms with Gasteiger partial charge in [0.25, 0.3) is 0 Å². The Morgan fingerprint density at radius 2 is 1.23 bits per heavy atom. The van der Waals surface area contributed by atoms with Crippen LogP contribution in [-0.4, -0.2) is 29.2 Å². The third-order valence-electron chi connectivity index (χ3n) is 7.44. The van der Waals surface area contributed by atoms with Gasteiger partial charge in [0.2, 0.25) is 9.54 Å². The summed E-state index contributed by atoms with van der Waals surface area (Å²) < 4.78 is 16.4. The molecule has 10 heteroatoms. The molecule has 6 aromatic heterocycles. The number of fused-ring (bicyclic) bond motifs is 6. The Bertz CT molecular complexity index is 2600. The lowest BCUT2D eigenvalue weighted by Crippen LogP contribution is -1.94. The number of aryl methyl sites for hydroxylation is 1. The van der Waals surface area contributed by atoms with E-state index >= 15 is 0 Å². The first kappa shape index (κ1) is 25.4. The second-order valence-corrected chi connectivity index (χ2v) is 10.9. The maximum absolute atomic E-state index is 6.08. The average Bonchev–Trinajstić information content (AvgIpc) is 3.81. The van der Waals surface area contributed by atoms with E-state index in [0.717, 1.165) is 72.2 Å². The Kier molecular flexibility index (Phi) is 5.85. The molecule has 0 saturated carbocycles. The summed E-state index contributed by atoms with van der Waals surface area (Å²) in [6.45, 7) is 1.95. The lowest BCUT2D eigenvalue weighted by Gasteiger charge is -2.03. The number of aromatic amines is 2. The Morgan fingerprint density at radius 3 is 1.93 bits per heavy atom. The minimum atomic E-state index is 0.496. The van der Waals surface area contributed by atoms with Crippen molar-refractivity contribution in [3.05, 3.63) is 119 Å². The molecule has 43 heavy (non-hydrogen) atoms. The Hall–Kier alpha value is -5.32. The van der Waals surface area contributed by atoms with E-state index in [1.165, 1.54) is 0 Å². The number of para-hydroxylation sites is 3. The lowest BCUT2D eigenvalue weighted by atomic mass is 10.1. The van der Waals surface area contributed by atoms with Crippen molar-refractivity contribution in [3.63, 3.8) is 0 Å². The highest BCUT2D eigenvalue weighted by Crippen LogP contribution is 2.35. The van der Waals surface area contributed by atoms with Crippen LogP contribution in [0, 0.1) is 16.5 Å². The molecule has 0 amide bonds. The highest BCUT2D eigenvalue weighted by atomic mass is 32.1. The Labute approximate surface area is 253 Å². The van der Waals surface area contributed by atoms with Crippen molar-refractivity contribution in [2.75, 3.05) is 0 Å². The van der Waals surface area contributed by atoms with Gasteiger partial charge in [-0.2, -0.15) is 0 Å². The van der Waals surface area contributed by atoms with Gasteiger partial charge in [-0.05, 0) is 79.9 Å². The maximum Gasteiger partial charge on any atom is 0.219 e. The smallest absolute Gasteiger partial charge is 0.219 e. The maximum atomic E-state index is 6.08. The third kappa shape index (κ3) is 4.27. The zero-order chi connectivity index (χ0) is 29.1. The van der Waals surface area contributed by atoms with Gasteiger partial charge in [-0.3, -0.25) is 10.2 Å². The van der Waals surface area contributed by atoms with Crippen LogP contribution in [0.25, 0.3) is 66.5 Å². The molecule has 2 N–H and O–H groups in total. The fourth-order valence-electron chi connectivity index (χ4n) is 5.52. The summed E-state index contributed by atoms with van der Waals surface area (Å²) in [6, 6.07) is 30.2. The standard InChI is InChI=1S/C18H11N3OS.C15H11N3OS/c23-18-20-15(10-11-8-9-19-21(11)18)14-6-3-5-13-12-4-1-2-7-16(12)22-17(13)14;1-9-7-10-3-2-4-12(14(10)19-9)13-8-11-5-6-16-18(11)15(20)17-13/h1-10,19H;2-8,16H,1H3. The molecule has 0 fully saturated rings. The molecule has 0 aliphatic rings. The third-order valence-corrected chi connectivity index (χ3v) is 7.99. The molecule has 0 spiro atoms. The van der Waals surface area contributed by atoms with Gasteiger partial charge in [-0.15, -0.1) is 0 Å². The van der Waals surface area contributed by atoms with Gasteiger partial charge < -0.3 is 8.83 Å². The van der Waals surface area contributed by atoms with Gasteiger partial charge in [-0.25, -0.2) is 19.0 Å². The van der Waals surface area contributed by atoms with E-state index in [1.807, 2.05) is 98.2 Å². The highest BCUT2D eigenvalue weighted by Gasteiger charge is 2.14. The van der Waals surface area contributed by atoms with E-state index < -0.39 is 0 Å². The van der Waals surface area contributed by atoms with Crippen molar-refractivity contribution in [3.8, 4) is 22.5 Å². The van der Waals surface area contributed by atoms with Crippen LogP contribution in [0.4, 0.5) is 0 Å². The number of furan rings is 2. The molecule has 9 rings (SSSR count). The monoisotopic (exact) mass is 598 g/mol. The predicted octanol–water partition coefficient (Wildman–Crippen LogP) is 9.07. The molecule has 8 nitrogen and oxygen atoms in total. The van der Waals surface area contributed by atoms with E-state index in [4.69, 9.17) is 33.3 Å². The van der Waals surface area contributed by atoms with Gasteiger partial charge in [0.05, 0.1) is 22.4 Å². The van der Waals surface area contributed by atoms with Crippen LogP contribution in [0.2, 0.25) is 0 Å². The summed E-state index contributed by atoms with van der Waals surface area (Å²) in [5.41, 5.74) is 8.11. The number of hydrogen-bond acceptors (Lipinski definition) is 6. The van der Waals surface area contributed by atoms with Gasteiger partial charge in [0.15, 0.2) is 0 Å². The molecule has 3 aromatic carbocycles. The molecular formula is C33H22N6O2S2. The summed E-state index contributed by atoms with van der Waals surface area (Å²) in [7, 11) is 0. The van der Waals surface area contributed by atoms with Crippen molar-refractivity contribution in [2.45, 2.75) is 6.92 Å². The SMILES string of the molecule is Cc1cc2cccc(-c3cc4cc[nH]n4c(=S)n3)c2o1.S=c1nc(-c2cccc3c2oc2ccccc23)cc2cc[nH]n12. The largest absolute Gasteiger partial charge is 0.461 e. The first-order chi connectivity index (χ1) is 21.0. The van der Waals surface area contributed by atoms with Crippen molar-refractivity contribution in [1.29, 1.82) is 0 Å². The van der Waals surface area contributed by atoms with E-state index in [0.29, 0.717) is 9.54 Å². The summed E-state index contributed by atoms with van der Waals surface area (Å²) in [5.74, 6) is 0.892. The second kappa shape index (κ2) is 9.90. The summed E-state index contributed by atoms with van der Waals surface area (Å²) >= 11 is 10.7. The van der Waals surface area contributed by atoms with Crippen molar-refractivity contribution < 1.29 is 8.83 Å². The lowest BCUT2D eigenvalue weighted by molar-refractivity contribution is 0.579. The zero-order valence-corrected chi connectivity index (χ0v) is 24.4. The number of rotatable bonds is 2. The molecule has 0 aliphatic carbocycles. The van der Waals surface area contributed by atoms with Crippen LogP contribution in [-0.2, 0) is 0 Å². The zero-order valence-electron chi connectivity index (χ0n) is 22.7. The summed E-state index contributed by atoms with van der Waals surface area (Å²) in [5, 5.41) is 9.37. The molecule has 208 valence electrons. The van der Waals surface area contributed by atoms with Crippen molar-refractivity contribution >= 4 is 68.4 Å². The Morgan fingerprint density at radius 1 is 0.628 bits per heavy atom. The van der Waals surface area contributed by atoms with E-state index in [1.54, 1.807) is 9.03 Å². The van der Waals surface area contributed by atoms with Gasteiger partial charge in [0.1, 0.15) is 22.5 Å². The van der Waals surface area contributed by atoms with Crippen LogP contribution in [0.15, 0.2) is 112 Å². The van der Waals surface area contributed by atoms with Crippen molar-refractivity contribution in [1.82, 2.24) is 29.2 Å². The first-order valence-corrected chi connectivity index (χ1v) is 14.4. The minimum Gasteiger partial charge on any atom is -0.461 e. The molecule has 0 aliphatic heterocycles. The summed E-state index contributed by atoms with van der Waals surface area (Å²) in [4.78, 5) is 9.04. The molecule has 9 aromatic rings. The fraction of sp³-hybridized carbons (Fsp3) is 0.0303. The van der Waals surface area contributed by atoms with Crippen LogP contribution in [0.5, 0.6) is 0 Å². The molecule has 0 atom stereocenters. The molecule has 0 bridgehead atoms. The number of benzene rings is 3. The topological polar surface area (TPSA) is 92.5 Å². The van der Waals surface area contributed by atoms with Crippen LogP contribution in [0.3, 0.4) is 0 Å². The number of nitrogens with one attached hydrogen (secondary N) is 2. The molecule has 0 saturated heterocycles. The molecule has 0 radical (unpaired) electrons. The second-order valence-electron chi connectivity index (χ2n) is 10.2. The average molecular weight is 599 g/mol. The number of nitrogens with zero attached hydrogens (tertiary/aromatic N) is 4. The highest BCUT2D eigenvalue weighted by molar-refractivity contribution is 7.71. The number of H-pyrrole nitrogens is 2. The van der Waals surface area contributed by atoms with E-state index in [-0.39, 0.29) is 0 Å². The summed E-state index contributed by atoms with van der Waals surface area (Å²) in [6.07, 6.45) is 3.69. The Balaban J connectivity index is 0.000000131. The van der Waals surface area contributed by atoms with Gasteiger partial charge in [-0.1, -0.05) is 42.5 Å². The van der Waals surface area contributed by atoms with Crippen molar-refractivity contribution in [2.24, 2.45) is 0 Å². The molecule has 6 heterocycles. The number of hydrogen-bond donors (Lipinski definition) is 2. The quantitative estimate of drug-likeness (QED) is 0.193. The van der Waals surface area contributed by atoms with E-state index in [9.17, 15) is 0 Å². The first-order valence-electron chi connectivity index (χ1n) is 13.6. The number of aromatic nitrogens is 6. The van der Waals surface area contributed by atoms with Crippen LogP contribution < -0.4 is 0 Å². The normalized spacial score (nSPS) is 11.6.